The topological polar surface area (TPSA) is 127 Å². The zero-order valence-corrected chi connectivity index (χ0v) is 18.0. The number of anilines is 1. The number of para-hydroxylation sites is 1. The van der Waals surface area contributed by atoms with Crippen molar-refractivity contribution in [2.24, 2.45) is 0 Å². The summed E-state index contributed by atoms with van der Waals surface area (Å²) in [6.07, 6.45) is 0.228. The fourth-order valence-electron chi connectivity index (χ4n) is 3.42. The summed E-state index contributed by atoms with van der Waals surface area (Å²) in [5, 5.41) is 22.9. The summed E-state index contributed by atoms with van der Waals surface area (Å²) >= 11 is 0. The van der Waals surface area contributed by atoms with Gasteiger partial charge < -0.3 is 24.8 Å². The van der Waals surface area contributed by atoms with E-state index in [2.05, 4.69) is 10.3 Å². The maximum absolute atomic E-state index is 12.4. The molecule has 9 nitrogen and oxygen atoms in total. The Balaban J connectivity index is 2.11. The lowest BCUT2D eigenvalue weighted by atomic mass is 10.1. The van der Waals surface area contributed by atoms with E-state index in [1.54, 1.807) is 13.8 Å². The van der Waals surface area contributed by atoms with Gasteiger partial charge in [-0.1, -0.05) is 18.2 Å². The second-order valence-electron chi connectivity index (χ2n) is 8.03. The molecule has 1 aromatic carbocycles. The molecule has 1 amide bonds. The van der Waals surface area contributed by atoms with E-state index < -0.39 is 11.6 Å². The highest BCUT2D eigenvalue weighted by Gasteiger charge is 2.23. The molecule has 0 saturated heterocycles. The molecule has 3 aromatic rings. The third kappa shape index (κ3) is 5.56. The lowest BCUT2D eigenvalue weighted by molar-refractivity contribution is -0.137. The van der Waals surface area contributed by atoms with Crippen molar-refractivity contribution in [1.29, 1.82) is 0 Å². The summed E-state index contributed by atoms with van der Waals surface area (Å²) in [5.74, 6) is -0.335. The fourth-order valence-corrected chi connectivity index (χ4v) is 3.42. The molecular weight excluding hydrogens is 400 g/mol. The molecular formula is C22H28N4O5. The number of carbonyl (C=O) groups excluding carboxylic acids is 1. The largest absolute Gasteiger partial charge is 0.481 e. The zero-order valence-electron chi connectivity index (χ0n) is 18.0. The molecule has 0 fully saturated rings. The number of carbonyl (C=O) groups is 2. The van der Waals surface area contributed by atoms with Crippen LogP contribution in [0.1, 0.15) is 45.9 Å². The van der Waals surface area contributed by atoms with Crippen molar-refractivity contribution in [3.8, 4) is 0 Å². The van der Waals surface area contributed by atoms with Crippen LogP contribution in [0.4, 0.5) is 5.82 Å². The quantitative estimate of drug-likeness (QED) is 0.453. The number of aliphatic carboxylic acids is 1. The molecule has 3 N–H and O–H groups in total. The van der Waals surface area contributed by atoms with Gasteiger partial charge >= 0.3 is 5.97 Å². The number of amides is 1. The van der Waals surface area contributed by atoms with Gasteiger partial charge in [0.05, 0.1) is 23.2 Å². The van der Waals surface area contributed by atoms with Crippen LogP contribution < -0.4 is 5.32 Å². The minimum Gasteiger partial charge on any atom is -0.481 e. The van der Waals surface area contributed by atoms with Gasteiger partial charge in [-0.05, 0) is 33.3 Å². The summed E-state index contributed by atoms with van der Waals surface area (Å²) in [6.45, 7) is 6.38. The Kier molecular flexibility index (Phi) is 6.87. The maximum atomic E-state index is 12.4. The highest BCUT2D eigenvalue weighted by Crippen LogP contribution is 2.31. The Morgan fingerprint density at radius 2 is 1.94 bits per heavy atom. The molecule has 2 aromatic heterocycles. The van der Waals surface area contributed by atoms with Crippen LogP contribution >= 0.6 is 0 Å². The van der Waals surface area contributed by atoms with E-state index >= 15 is 0 Å². The highest BCUT2D eigenvalue weighted by atomic mass is 16.5. The van der Waals surface area contributed by atoms with Gasteiger partial charge in [0.15, 0.2) is 5.82 Å². The summed E-state index contributed by atoms with van der Waals surface area (Å²) in [7, 11) is 0. The predicted octanol–water partition coefficient (Wildman–Crippen LogP) is 3.09. The third-order valence-corrected chi connectivity index (χ3v) is 4.70. The van der Waals surface area contributed by atoms with E-state index in [0.29, 0.717) is 29.3 Å². The van der Waals surface area contributed by atoms with Crippen molar-refractivity contribution in [1.82, 2.24) is 14.5 Å². The van der Waals surface area contributed by atoms with Crippen molar-refractivity contribution in [2.75, 3.05) is 11.9 Å². The number of hydrogen-bond acceptors (Lipinski definition) is 6. The van der Waals surface area contributed by atoms with Crippen molar-refractivity contribution in [3.63, 3.8) is 0 Å². The van der Waals surface area contributed by atoms with E-state index in [1.807, 2.05) is 35.8 Å². The molecule has 0 aliphatic rings. The molecule has 0 atom stereocenters. The lowest BCUT2D eigenvalue weighted by Crippen LogP contribution is -2.27. The Bertz CT molecular complexity index is 1100. The van der Waals surface area contributed by atoms with Gasteiger partial charge in [-0.3, -0.25) is 9.59 Å². The van der Waals surface area contributed by atoms with Gasteiger partial charge in [-0.2, -0.15) is 0 Å². The van der Waals surface area contributed by atoms with E-state index in [0.717, 1.165) is 10.9 Å². The van der Waals surface area contributed by atoms with Crippen LogP contribution in [0.15, 0.2) is 24.3 Å². The Morgan fingerprint density at radius 3 is 2.61 bits per heavy atom. The number of ether oxygens (including phenoxy) is 1. The molecule has 31 heavy (non-hydrogen) atoms. The summed E-state index contributed by atoms with van der Waals surface area (Å²) in [6, 6.07) is 7.53. The van der Waals surface area contributed by atoms with Gasteiger partial charge in [-0.15, -0.1) is 0 Å². The molecule has 0 bridgehead atoms. The number of imidazole rings is 1. The first-order valence-corrected chi connectivity index (χ1v) is 10.3. The normalized spacial score (nSPS) is 11.9. The maximum Gasteiger partial charge on any atom is 0.303 e. The number of aliphatic hydroxyl groups is 1. The fraction of sp³-hybridized carbons (Fsp3) is 0.455. The average molecular weight is 428 g/mol. The Labute approximate surface area is 180 Å². The molecule has 3 rings (SSSR count). The number of benzene rings is 1. The first kappa shape index (κ1) is 22.6. The van der Waals surface area contributed by atoms with Gasteiger partial charge in [0.2, 0.25) is 5.91 Å². The Hall–Kier alpha value is -3.04. The monoisotopic (exact) mass is 428 g/mol. The van der Waals surface area contributed by atoms with Gasteiger partial charge in [-0.25, -0.2) is 9.97 Å². The van der Waals surface area contributed by atoms with Crippen molar-refractivity contribution >= 4 is 39.6 Å². The number of rotatable bonds is 10. The zero-order chi connectivity index (χ0) is 22.6. The van der Waals surface area contributed by atoms with E-state index in [1.165, 1.54) is 0 Å². The first-order chi connectivity index (χ1) is 14.7. The van der Waals surface area contributed by atoms with Crippen molar-refractivity contribution < 1.29 is 24.5 Å². The first-order valence-electron chi connectivity index (χ1n) is 10.3. The summed E-state index contributed by atoms with van der Waals surface area (Å²) in [5.41, 5.74) is 0.933. The van der Waals surface area contributed by atoms with E-state index in [-0.39, 0.29) is 38.3 Å². The van der Waals surface area contributed by atoms with Crippen LogP contribution in [-0.2, 0) is 27.5 Å². The van der Waals surface area contributed by atoms with Crippen molar-refractivity contribution in [2.45, 2.75) is 58.8 Å². The summed E-state index contributed by atoms with van der Waals surface area (Å²) < 4.78 is 7.50. The van der Waals surface area contributed by atoms with E-state index in [4.69, 9.17) is 14.8 Å². The van der Waals surface area contributed by atoms with Gasteiger partial charge in [0.1, 0.15) is 17.9 Å². The number of nitrogens with zero attached hydrogens (tertiary/aromatic N) is 3. The number of carboxylic acids is 1. The molecule has 2 heterocycles. The molecule has 0 radical (unpaired) electrons. The van der Waals surface area contributed by atoms with Crippen LogP contribution in [0, 0.1) is 0 Å². The van der Waals surface area contributed by atoms with Crippen LogP contribution in [0.25, 0.3) is 21.9 Å². The third-order valence-electron chi connectivity index (χ3n) is 4.70. The van der Waals surface area contributed by atoms with Crippen LogP contribution in [-0.4, -0.2) is 48.8 Å². The predicted molar refractivity (Wildman–Crippen MR) is 117 cm³/mol. The number of fused-ring (bicyclic) bond motifs is 3. The molecule has 0 spiro atoms. The molecule has 9 heteroatoms. The number of hydrogen-bond donors (Lipinski definition) is 3. The van der Waals surface area contributed by atoms with Crippen LogP contribution in [0.2, 0.25) is 0 Å². The standard InChI is InChI=1S/C22H28N4O5/c1-4-31-12-16-24-19-20(26(16)13-22(2,3)30)14-8-5-6-9-15(14)23-21(19)25-17(27)10-7-11-18(28)29/h5-6,8-9,30H,4,7,10-13H2,1-3H3,(H,28,29)(H,23,25,27). The smallest absolute Gasteiger partial charge is 0.303 e. The number of nitrogens with one attached hydrogen (secondary N) is 1. The minimum atomic E-state index is -1.00. The average Bonchev–Trinajstić information content (AvgIpc) is 3.03. The Morgan fingerprint density at radius 1 is 1.19 bits per heavy atom. The van der Waals surface area contributed by atoms with Gasteiger partial charge in [0, 0.05) is 24.8 Å². The molecule has 0 aliphatic heterocycles. The molecule has 0 unspecified atom stereocenters. The van der Waals surface area contributed by atoms with Crippen molar-refractivity contribution in [3.05, 3.63) is 30.1 Å². The number of pyridine rings is 1. The molecule has 166 valence electrons. The summed E-state index contributed by atoms with van der Waals surface area (Å²) in [4.78, 5) is 32.4. The molecule has 0 aliphatic carbocycles. The number of carboxylic acid groups (broad SMARTS) is 1. The van der Waals surface area contributed by atoms with E-state index in [9.17, 15) is 14.7 Å². The highest BCUT2D eigenvalue weighted by molar-refractivity contribution is 6.09. The molecule has 0 saturated carbocycles. The van der Waals surface area contributed by atoms with Crippen LogP contribution in [0.5, 0.6) is 0 Å². The number of aromatic nitrogens is 3. The SMILES string of the molecule is CCOCc1nc2c(NC(=O)CCCC(=O)O)nc3ccccc3c2n1CC(C)(C)O. The lowest BCUT2D eigenvalue weighted by Gasteiger charge is -2.20. The second-order valence-corrected chi connectivity index (χ2v) is 8.03. The minimum absolute atomic E-state index is 0.0679. The van der Waals surface area contributed by atoms with Crippen LogP contribution in [0.3, 0.4) is 0 Å². The van der Waals surface area contributed by atoms with Gasteiger partial charge in [0.25, 0.3) is 0 Å². The second kappa shape index (κ2) is 9.40.